The maximum absolute atomic E-state index is 6.08. The normalized spacial score (nSPS) is 26.8. The van der Waals surface area contributed by atoms with Gasteiger partial charge in [-0.15, -0.1) is 0 Å². The summed E-state index contributed by atoms with van der Waals surface area (Å²) in [4.78, 5) is 4.78. The van der Waals surface area contributed by atoms with Gasteiger partial charge < -0.3 is 0 Å². The molecule has 0 radical (unpaired) electrons. The summed E-state index contributed by atoms with van der Waals surface area (Å²) in [5.74, 6) is 0.695. The molecule has 1 fully saturated rings. The number of nitrogens with one attached hydrogen (secondary N) is 2. The quantitative estimate of drug-likeness (QED) is 0.686. The fourth-order valence-electron chi connectivity index (χ4n) is 3.26. The van der Waals surface area contributed by atoms with Crippen molar-refractivity contribution in [1.29, 1.82) is 0 Å². The van der Waals surface area contributed by atoms with E-state index in [0.29, 0.717) is 31.6 Å². The van der Waals surface area contributed by atoms with Gasteiger partial charge in [0.15, 0.2) is 0 Å². The molecule has 0 saturated carbocycles. The van der Waals surface area contributed by atoms with Gasteiger partial charge >= 0.3 is 141 Å². The molecule has 0 bridgehead atoms. The minimum atomic E-state index is 0.337. The van der Waals surface area contributed by atoms with Crippen molar-refractivity contribution < 1.29 is 0 Å². The third kappa shape index (κ3) is 2.48. The van der Waals surface area contributed by atoms with Gasteiger partial charge in [-0.25, -0.2) is 0 Å². The summed E-state index contributed by atoms with van der Waals surface area (Å²) in [6, 6.07) is 8.64. The monoisotopic (exact) mass is 380 g/mol. The molecule has 1 aromatic carbocycles. The predicted molar refractivity (Wildman–Crippen MR) is 90.9 cm³/mol. The van der Waals surface area contributed by atoms with Gasteiger partial charge in [-0.1, -0.05) is 0 Å². The summed E-state index contributed by atoms with van der Waals surface area (Å²) in [6.07, 6.45) is 3.83. The van der Waals surface area contributed by atoms with Gasteiger partial charge in [0.25, 0.3) is 0 Å². The van der Waals surface area contributed by atoms with Gasteiger partial charge in [-0.2, -0.15) is 0 Å². The number of nitrogens with two attached hydrogens (primary N) is 1. The van der Waals surface area contributed by atoms with Crippen molar-refractivity contribution in [2.45, 2.75) is 23.7 Å². The van der Waals surface area contributed by atoms with Crippen LogP contribution in [0.4, 0.5) is 0 Å². The maximum atomic E-state index is 6.08. The summed E-state index contributed by atoms with van der Waals surface area (Å²) >= 11 is 6.32. The first-order chi connectivity index (χ1) is 10.7. The Morgan fingerprint density at radius 2 is 2.14 bits per heavy atom. The van der Waals surface area contributed by atoms with Gasteiger partial charge in [-0.05, 0) is 0 Å². The fourth-order valence-corrected chi connectivity index (χ4v) is 6.47. The molecular weight excluding hydrogens is 363 g/mol. The molecule has 22 heavy (non-hydrogen) atoms. The third-order valence-corrected chi connectivity index (χ3v) is 7.75. The average molecular weight is 380 g/mol. The Balaban J connectivity index is 1.60. The molecule has 3 heterocycles. The van der Waals surface area contributed by atoms with Crippen LogP contribution >= 0.6 is 11.6 Å². The average Bonchev–Trinajstić information content (AvgIpc) is 2.91. The third-order valence-electron chi connectivity index (χ3n) is 4.32. The van der Waals surface area contributed by atoms with Crippen molar-refractivity contribution >= 4 is 32.9 Å². The number of allylic oxidation sites excluding steroid dienone is 1. The van der Waals surface area contributed by atoms with Gasteiger partial charge in [0, 0.05) is 0 Å². The van der Waals surface area contributed by atoms with E-state index >= 15 is 0 Å². The molecule has 2 atom stereocenters. The van der Waals surface area contributed by atoms with Crippen LogP contribution in [0.5, 0.6) is 0 Å². The predicted octanol–water partition coefficient (Wildman–Crippen LogP) is 1.76. The Kier molecular flexibility index (Phi) is 3.74. The number of piperidine rings is 1. The molecular formula is C16H17ClN4Se. The van der Waals surface area contributed by atoms with Crippen molar-refractivity contribution in [2.75, 3.05) is 6.54 Å². The van der Waals surface area contributed by atoms with Crippen LogP contribution in [0.15, 0.2) is 50.8 Å². The minimum absolute atomic E-state index is 0.337. The van der Waals surface area contributed by atoms with E-state index in [1.807, 2.05) is 12.1 Å². The SMILES string of the molecule is NC1=C2[Se]C3C(=C2NC=N1)CCNC3Cc1ccc(Cl)cc1. The molecule has 2 unspecified atom stereocenters. The van der Waals surface area contributed by atoms with E-state index in [1.165, 1.54) is 21.3 Å². The van der Waals surface area contributed by atoms with E-state index in [9.17, 15) is 0 Å². The van der Waals surface area contributed by atoms with Crippen molar-refractivity contribution in [3.63, 3.8) is 0 Å². The van der Waals surface area contributed by atoms with Crippen LogP contribution in [0.1, 0.15) is 12.0 Å². The number of nitrogens with zero attached hydrogens (tertiary/aromatic N) is 1. The zero-order valence-electron chi connectivity index (χ0n) is 12.0. The van der Waals surface area contributed by atoms with Crippen LogP contribution in [0.2, 0.25) is 9.84 Å². The number of rotatable bonds is 2. The Morgan fingerprint density at radius 3 is 2.95 bits per heavy atom. The molecule has 4 N–H and O–H groups in total. The van der Waals surface area contributed by atoms with Crippen molar-refractivity contribution in [2.24, 2.45) is 10.7 Å². The molecule has 1 aromatic rings. The summed E-state index contributed by atoms with van der Waals surface area (Å²) in [5.41, 5.74) is 10.2. The molecule has 3 aliphatic rings. The van der Waals surface area contributed by atoms with Crippen LogP contribution in [0.25, 0.3) is 0 Å². The molecule has 0 spiro atoms. The van der Waals surface area contributed by atoms with E-state index in [1.54, 1.807) is 6.34 Å². The summed E-state index contributed by atoms with van der Waals surface area (Å²) in [6.45, 7) is 1.02. The molecule has 6 heteroatoms. The van der Waals surface area contributed by atoms with E-state index < -0.39 is 0 Å². The number of halogens is 1. The molecule has 0 amide bonds. The van der Waals surface area contributed by atoms with E-state index in [-0.39, 0.29) is 0 Å². The van der Waals surface area contributed by atoms with E-state index in [0.717, 1.165) is 24.4 Å². The Hall–Kier alpha value is -1.26. The molecule has 3 aliphatic heterocycles. The van der Waals surface area contributed by atoms with Crippen LogP contribution in [-0.4, -0.2) is 33.9 Å². The Bertz CT molecular complexity index is 693. The molecule has 4 nitrogen and oxygen atoms in total. The number of hydrogen-bond acceptors (Lipinski definition) is 4. The molecule has 0 aromatic heterocycles. The first-order valence-corrected chi connectivity index (χ1v) is 9.61. The zero-order valence-corrected chi connectivity index (χ0v) is 14.4. The van der Waals surface area contributed by atoms with Crippen molar-refractivity contribution in [1.82, 2.24) is 10.6 Å². The standard InChI is InChI=1S/C16H17ClN4Se/c17-10-3-1-9(2-4-10)7-12-14-11(5-6-19-12)13-15(22-14)16(18)21-8-20-13/h1-4,8,12,14,19H,5-7,18H2,(H,20,21). The Morgan fingerprint density at radius 1 is 1.32 bits per heavy atom. The van der Waals surface area contributed by atoms with Gasteiger partial charge in [0.05, 0.1) is 0 Å². The summed E-state index contributed by atoms with van der Waals surface area (Å²) in [7, 11) is 0. The van der Waals surface area contributed by atoms with Gasteiger partial charge in [-0.3, -0.25) is 0 Å². The van der Waals surface area contributed by atoms with Crippen LogP contribution < -0.4 is 16.4 Å². The second-order valence-electron chi connectivity index (χ2n) is 5.70. The first-order valence-electron chi connectivity index (χ1n) is 7.39. The zero-order chi connectivity index (χ0) is 15.1. The molecule has 4 rings (SSSR count). The number of fused-ring (bicyclic) bond motifs is 2. The number of aliphatic imine (C=N–C) groups is 1. The van der Waals surface area contributed by atoms with E-state index in [4.69, 9.17) is 17.3 Å². The van der Waals surface area contributed by atoms with Crippen molar-refractivity contribution in [3.05, 3.63) is 56.4 Å². The topological polar surface area (TPSA) is 62.4 Å². The Labute approximate surface area is 141 Å². The number of hydrogen-bond donors (Lipinski definition) is 3. The summed E-state index contributed by atoms with van der Waals surface area (Å²) < 4.78 is 1.25. The number of benzene rings is 1. The van der Waals surface area contributed by atoms with Gasteiger partial charge in [0.2, 0.25) is 0 Å². The van der Waals surface area contributed by atoms with Crippen molar-refractivity contribution in [3.8, 4) is 0 Å². The van der Waals surface area contributed by atoms with Crippen LogP contribution in [0, 0.1) is 0 Å². The van der Waals surface area contributed by atoms with Crippen LogP contribution in [-0.2, 0) is 6.42 Å². The second-order valence-corrected chi connectivity index (χ2v) is 8.55. The second kappa shape index (κ2) is 5.74. The van der Waals surface area contributed by atoms with Crippen LogP contribution in [0.3, 0.4) is 0 Å². The molecule has 1 saturated heterocycles. The summed E-state index contributed by atoms with van der Waals surface area (Å²) in [5, 5.41) is 7.81. The first kappa shape index (κ1) is 14.3. The fraction of sp³-hybridized carbons (Fsp3) is 0.312. The van der Waals surface area contributed by atoms with Gasteiger partial charge in [0.1, 0.15) is 0 Å². The molecule has 114 valence electrons. The molecule has 0 aliphatic carbocycles. The van der Waals surface area contributed by atoms with E-state index in [2.05, 4.69) is 27.8 Å².